The van der Waals surface area contributed by atoms with Gasteiger partial charge in [-0.15, -0.1) is 0 Å². The van der Waals surface area contributed by atoms with E-state index in [-0.39, 0.29) is 11.5 Å². The molecule has 26 heavy (non-hydrogen) atoms. The van der Waals surface area contributed by atoms with Crippen molar-refractivity contribution in [1.82, 2.24) is 5.32 Å². The first kappa shape index (κ1) is 18.9. The SMILES string of the molecule is CNC(=O)c1ccc(/C=C(/C#N)C(=O)Nc2c(C)cc(C)cc2C)cc1. The minimum absolute atomic E-state index is 0.00271. The van der Waals surface area contributed by atoms with Crippen LogP contribution < -0.4 is 10.6 Å². The van der Waals surface area contributed by atoms with E-state index in [0.29, 0.717) is 11.1 Å². The van der Waals surface area contributed by atoms with Crippen LogP contribution in [0.15, 0.2) is 42.0 Å². The zero-order valence-electron chi connectivity index (χ0n) is 15.3. The van der Waals surface area contributed by atoms with E-state index in [4.69, 9.17) is 0 Å². The predicted molar refractivity (Wildman–Crippen MR) is 103 cm³/mol. The van der Waals surface area contributed by atoms with Gasteiger partial charge in [0, 0.05) is 18.3 Å². The maximum absolute atomic E-state index is 12.5. The second kappa shape index (κ2) is 8.13. The van der Waals surface area contributed by atoms with Crippen molar-refractivity contribution in [3.8, 4) is 6.07 Å². The molecule has 0 saturated heterocycles. The number of nitrogens with zero attached hydrogens (tertiary/aromatic N) is 1. The molecular formula is C21H21N3O2. The van der Waals surface area contributed by atoms with E-state index in [1.54, 1.807) is 31.3 Å². The Morgan fingerprint density at radius 1 is 1.04 bits per heavy atom. The molecule has 0 heterocycles. The highest BCUT2D eigenvalue weighted by molar-refractivity contribution is 6.10. The average molecular weight is 347 g/mol. The van der Waals surface area contributed by atoms with Gasteiger partial charge in [-0.2, -0.15) is 5.26 Å². The highest BCUT2D eigenvalue weighted by Crippen LogP contribution is 2.22. The van der Waals surface area contributed by atoms with E-state index >= 15 is 0 Å². The number of hydrogen-bond acceptors (Lipinski definition) is 3. The number of aryl methyl sites for hydroxylation is 3. The minimum Gasteiger partial charge on any atom is -0.355 e. The number of carbonyl (C=O) groups is 2. The maximum atomic E-state index is 12.5. The lowest BCUT2D eigenvalue weighted by atomic mass is 10.0. The fourth-order valence-corrected chi connectivity index (χ4v) is 2.75. The number of carbonyl (C=O) groups excluding carboxylic acids is 2. The number of rotatable bonds is 4. The van der Waals surface area contributed by atoms with Crippen LogP contribution in [0.2, 0.25) is 0 Å². The Hall–Kier alpha value is -3.39. The molecule has 2 N–H and O–H groups in total. The van der Waals surface area contributed by atoms with Crippen LogP contribution >= 0.6 is 0 Å². The lowest BCUT2D eigenvalue weighted by Crippen LogP contribution is -2.17. The summed E-state index contributed by atoms with van der Waals surface area (Å²) in [7, 11) is 1.56. The van der Waals surface area contributed by atoms with Crippen molar-refractivity contribution in [3.63, 3.8) is 0 Å². The lowest BCUT2D eigenvalue weighted by molar-refractivity contribution is -0.112. The third-order valence-corrected chi connectivity index (χ3v) is 3.99. The molecule has 0 aliphatic rings. The van der Waals surface area contributed by atoms with Crippen LogP contribution in [0.5, 0.6) is 0 Å². The summed E-state index contributed by atoms with van der Waals surface area (Å²) in [6.07, 6.45) is 1.50. The summed E-state index contributed by atoms with van der Waals surface area (Å²) in [5.74, 6) is -0.651. The molecule has 5 nitrogen and oxygen atoms in total. The van der Waals surface area contributed by atoms with Gasteiger partial charge in [-0.05, 0) is 55.7 Å². The molecule has 0 unspecified atom stereocenters. The Bertz CT molecular complexity index is 896. The smallest absolute Gasteiger partial charge is 0.266 e. The standard InChI is InChI=1S/C21H21N3O2/c1-13-9-14(2)19(15(3)10-13)24-21(26)18(12-22)11-16-5-7-17(8-6-16)20(25)23-4/h5-11H,1-4H3,(H,23,25)(H,24,26)/b18-11-. The zero-order chi connectivity index (χ0) is 19.3. The maximum Gasteiger partial charge on any atom is 0.266 e. The first-order chi connectivity index (χ1) is 12.3. The predicted octanol–water partition coefficient (Wildman–Crippen LogP) is 3.52. The Morgan fingerprint density at radius 3 is 2.12 bits per heavy atom. The summed E-state index contributed by atoms with van der Waals surface area (Å²) in [5, 5.41) is 14.7. The van der Waals surface area contributed by atoms with E-state index in [1.807, 2.05) is 39.0 Å². The third kappa shape index (κ3) is 4.37. The molecule has 0 aromatic heterocycles. The molecule has 0 aliphatic carbocycles. The highest BCUT2D eigenvalue weighted by Gasteiger charge is 2.13. The number of nitriles is 1. The largest absolute Gasteiger partial charge is 0.355 e. The fourth-order valence-electron chi connectivity index (χ4n) is 2.75. The van der Waals surface area contributed by atoms with Gasteiger partial charge in [0.2, 0.25) is 0 Å². The van der Waals surface area contributed by atoms with Gasteiger partial charge in [-0.25, -0.2) is 0 Å². The Labute approximate surface area is 153 Å². The van der Waals surface area contributed by atoms with Crippen LogP contribution in [0, 0.1) is 32.1 Å². The first-order valence-electron chi connectivity index (χ1n) is 8.19. The van der Waals surface area contributed by atoms with E-state index in [9.17, 15) is 14.9 Å². The molecule has 2 aromatic rings. The molecule has 0 bridgehead atoms. The van der Waals surface area contributed by atoms with Crippen molar-refractivity contribution < 1.29 is 9.59 Å². The average Bonchev–Trinajstić information content (AvgIpc) is 2.62. The zero-order valence-corrected chi connectivity index (χ0v) is 15.3. The van der Waals surface area contributed by atoms with Gasteiger partial charge in [0.05, 0.1) is 0 Å². The van der Waals surface area contributed by atoms with Gasteiger partial charge in [-0.3, -0.25) is 9.59 Å². The van der Waals surface area contributed by atoms with E-state index in [1.165, 1.54) is 6.08 Å². The molecule has 0 spiro atoms. The van der Waals surface area contributed by atoms with Gasteiger partial charge in [0.15, 0.2) is 0 Å². The molecule has 2 rings (SSSR count). The normalized spacial score (nSPS) is 10.8. The van der Waals surface area contributed by atoms with Crippen LogP contribution in [0.3, 0.4) is 0 Å². The Kier molecular flexibility index (Phi) is 5.92. The number of nitrogens with one attached hydrogen (secondary N) is 2. The summed E-state index contributed by atoms with van der Waals surface area (Å²) in [6.45, 7) is 5.83. The molecule has 2 aromatic carbocycles. The molecule has 0 fully saturated rings. The minimum atomic E-state index is -0.460. The second-order valence-electron chi connectivity index (χ2n) is 6.10. The number of hydrogen-bond donors (Lipinski definition) is 2. The van der Waals surface area contributed by atoms with Gasteiger partial charge in [-0.1, -0.05) is 29.8 Å². The van der Waals surface area contributed by atoms with Crippen LogP contribution in [0.1, 0.15) is 32.6 Å². The topological polar surface area (TPSA) is 82.0 Å². The third-order valence-electron chi connectivity index (χ3n) is 3.99. The summed E-state index contributed by atoms with van der Waals surface area (Å²) >= 11 is 0. The van der Waals surface area contributed by atoms with E-state index in [2.05, 4.69) is 10.6 Å². The van der Waals surface area contributed by atoms with Gasteiger partial charge in [0.1, 0.15) is 11.6 Å². The van der Waals surface area contributed by atoms with Gasteiger partial charge >= 0.3 is 0 Å². The molecule has 0 saturated carbocycles. The monoisotopic (exact) mass is 347 g/mol. The molecule has 0 radical (unpaired) electrons. The summed E-state index contributed by atoms with van der Waals surface area (Å²) < 4.78 is 0. The second-order valence-corrected chi connectivity index (χ2v) is 6.10. The molecule has 5 heteroatoms. The molecule has 2 amide bonds. The summed E-state index contributed by atoms with van der Waals surface area (Å²) in [4.78, 5) is 24.1. The number of amides is 2. The van der Waals surface area contributed by atoms with Crippen LogP contribution in [-0.2, 0) is 4.79 Å². The molecular weight excluding hydrogens is 326 g/mol. The van der Waals surface area contributed by atoms with Crippen molar-refractivity contribution in [3.05, 3.63) is 69.8 Å². The molecule has 132 valence electrons. The Morgan fingerprint density at radius 2 is 1.62 bits per heavy atom. The number of benzene rings is 2. The van der Waals surface area contributed by atoms with Crippen molar-refractivity contribution in [1.29, 1.82) is 5.26 Å². The Balaban J connectivity index is 2.25. The van der Waals surface area contributed by atoms with Crippen molar-refractivity contribution in [2.45, 2.75) is 20.8 Å². The van der Waals surface area contributed by atoms with Gasteiger partial charge in [0.25, 0.3) is 11.8 Å². The van der Waals surface area contributed by atoms with Crippen LogP contribution in [-0.4, -0.2) is 18.9 Å². The molecule has 0 aliphatic heterocycles. The van der Waals surface area contributed by atoms with Crippen molar-refractivity contribution >= 4 is 23.6 Å². The van der Waals surface area contributed by atoms with Crippen molar-refractivity contribution in [2.24, 2.45) is 0 Å². The van der Waals surface area contributed by atoms with E-state index < -0.39 is 5.91 Å². The summed E-state index contributed by atoms with van der Waals surface area (Å²) in [6, 6.07) is 12.6. The van der Waals surface area contributed by atoms with Gasteiger partial charge < -0.3 is 10.6 Å². The van der Waals surface area contributed by atoms with E-state index in [0.717, 1.165) is 22.4 Å². The quantitative estimate of drug-likeness (QED) is 0.656. The van der Waals surface area contributed by atoms with Crippen LogP contribution in [0.25, 0.3) is 6.08 Å². The van der Waals surface area contributed by atoms with Crippen LogP contribution in [0.4, 0.5) is 5.69 Å². The lowest BCUT2D eigenvalue weighted by Gasteiger charge is -2.12. The molecule has 0 atom stereocenters. The van der Waals surface area contributed by atoms with Crippen molar-refractivity contribution in [2.75, 3.05) is 12.4 Å². The number of anilines is 1. The summed E-state index contributed by atoms with van der Waals surface area (Å²) in [5.41, 5.74) is 4.91. The highest BCUT2D eigenvalue weighted by atomic mass is 16.2. The first-order valence-corrected chi connectivity index (χ1v) is 8.19. The fraction of sp³-hybridized carbons (Fsp3) is 0.190.